The lowest BCUT2D eigenvalue weighted by atomic mass is 10.1. The monoisotopic (exact) mass is 278 g/mol. The molecule has 0 saturated heterocycles. The number of nitrogen functional groups attached to an aromatic ring is 1. The summed E-state index contributed by atoms with van der Waals surface area (Å²) in [5, 5.41) is 0. The van der Waals surface area contributed by atoms with Crippen molar-refractivity contribution in [2.45, 2.75) is 6.04 Å². The fraction of sp³-hybridized carbons (Fsp3) is 0.286. The summed E-state index contributed by atoms with van der Waals surface area (Å²) in [6, 6.07) is 1.69. The largest absolute Gasteiger partial charge is 0.383 e. The lowest BCUT2D eigenvalue weighted by Crippen LogP contribution is -2.22. The zero-order valence-electron chi connectivity index (χ0n) is 6.50. The van der Waals surface area contributed by atoms with Gasteiger partial charge in [0.05, 0.1) is 0 Å². The Morgan fingerprint density at radius 2 is 2.25 bits per heavy atom. The number of anilines is 1. The number of aromatic nitrogens is 1. The Bertz CT molecular complexity index is 276. The van der Waals surface area contributed by atoms with Crippen LogP contribution in [0.15, 0.2) is 12.3 Å². The van der Waals surface area contributed by atoms with Gasteiger partial charge in [-0.2, -0.15) is 0 Å². The van der Waals surface area contributed by atoms with E-state index >= 15 is 0 Å². The van der Waals surface area contributed by atoms with Crippen LogP contribution < -0.4 is 17.2 Å². The highest BCUT2D eigenvalue weighted by Crippen LogP contribution is 2.17. The lowest BCUT2D eigenvalue weighted by molar-refractivity contribution is 0.735. The first-order chi connectivity index (χ1) is 5.65. The van der Waals surface area contributed by atoms with Gasteiger partial charge in [-0.15, -0.1) is 0 Å². The summed E-state index contributed by atoms with van der Waals surface area (Å²) in [7, 11) is 0. The zero-order valence-corrected chi connectivity index (χ0v) is 8.65. The van der Waals surface area contributed by atoms with Crippen molar-refractivity contribution in [2.75, 3.05) is 12.3 Å². The SMILES string of the molecule is NCC(N)c1cc(I)cnc1N. The van der Waals surface area contributed by atoms with Gasteiger partial charge in [0.15, 0.2) is 0 Å². The van der Waals surface area contributed by atoms with E-state index in [0.717, 1.165) is 9.13 Å². The Hall–Kier alpha value is -0.400. The number of hydrogen-bond acceptors (Lipinski definition) is 4. The van der Waals surface area contributed by atoms with E-state index in [1.54, 1.807) is 6.20 Å². The number of hydrogen-bond donors (Lipinski definition) is 3. The van der Waals surface area contributed by atoms with Gasteiger partial charge in [0.1, 0.15) is 5.82 Å². The predicted octanol–water partition coefficient (Wildman–Crippen LogP) is 0.227. The molecule has 1 heterocycles. The maximum absolute atomic E-state index is 5.72. The summed E-state index contributed by atoms with van der Waals surface area (Å²) in [6.45, 7) is 0.381. The molecule has 1 unspecified atom stereocenters. The van der Waals surface area contributed by atoms with Crippen LogP contribution in [0.25, 0.3) is 0 Å². The van der Waals surface area contributed by atoms with Gasteiger partial charge in [-0.3, -0.25) is 0 Å². The molecule has 1 aromatic heterocycles. The Labute approximate surface area is 84.7 Å². The highest BCUT2D eigenvalue weighted by molar-refractivity contribution is 14.1. The lowest BCUT2D eigenvalue weighted by Gasteiger charge is -2.10. The minimum absolute atomic E-state index is 0.216. The van der Waals surface area contributed by atoms with Crippen molar-refractivity contribution >= 4 is 28.4 Å². The number of halogens is 1. The van der Waals surface area contributed by atoms with Crippen LogP contribution in [0.2, 0.25) is 0 Å². The number of nitrogens with zero attached hydrogens (tertiary/aromatic N) is 1. The van der Waals surface area contributed by atoms with Gasteiger partial charge in [-0.1, -0.05) is 0 Å². The Kier molecular flexibility index (Phi) is 3.24. The highest BCUT2D eigenvalue weighted by Gasteiger charge is 2.08. The molecule has 0 spiro atoms. The molecule has 0 amide bonds. The molecule has 0 aliphatic rings. The fourth-order valence-electron chi connectivity index (χ4n) is 0.889. The van der Waals surface area contributed by atoms with Crippen LogP contribution in [0.1, 0.15) is 11.6 Å². The summed E-state index contributed by atoms with van der Waals surface area (Å²) in [5.41, 5.74) is 17.6. The molecule has 0 radical (unpaired) electrons. The van der Waals surface area contributed by atoms with Gasteiger partial charge in [0.25, 0.3) is 0 Å². The third-order valence-electron chi connectivity index (χ3n) is 1.57. The average molecular weight is 278 g/mol. The minimum atomic E-state index is -0.216. The molecule has 1 rings (SSSR count). The van der Waals surface area contributed by atoms with Crippen LogP contribution in [0.3, 0.4) is 0 Å². The molecule has 5 heteroatoms. The molecule has 0 aliphatic heterocycles. The second-order valence-electron chi connectivity index (χ2n) is 2.47. The van der Waals surface area contributed by atoms with Gasteiger partial charge < -0.3 is 17.2 Å². The topological polar surface area (TPSA) is 91.0 Å². The summed E-state index contributed by atoms with van der Waals surface area (Å²) in [6.07, 6.45) is 1.70. The molecule has 6 N–H and O–H groups in total. The van der Waals surface area contributed by atoms with Crippen molar-refractivity contribution in [1.82, 2.24) is 4.98 Å². The van der Waals surface area contributed by atoms with Crippen molar-refractivity contribution in [2.24, 2.45) is 11.5 Å². The van der Waals surface area contributed by atoms with Gasteiger partial charge in [-0.05, 0) is 28.7 Å². The number of rotatable bonds is 2. The molecular formula is C7H11IN4. The van der Waals surface area contributed by atoms with E-state index in [1.165, 1.54) is 0 Å². The van der Waals surface area contributed by atoms with Crippen molar-refractivity contribution in [3.63, 3.8) is 0 Å². The second-order valence-corrected chi connectivity index (χ2v) is 3.72. The summed E-state index contributed by atoms with van der Waals surface area (Å²) in [5.74, 6) is 0.466. The molecule has 1 atom stereocenters. The zero-order chi connectivity index (χ0) is 9.14. The van der Waals surface area contributed by atoms with E-state index in [-0.39, 0.29) is 6.04 Å². The van der Waals surface area contributed by atoms with E-state index < -0.39 is 0 Å². The molecule has 0 aromatic carbocycles. The van der Waals surface area contributed by atoms with Crippen LogP contribution in [0, 0.1) is 3.57 Å². The molecule has 66 valence electrons. The van der Waals surface area contributed by atoms with Gasteiger partial charge >= 0.3 is 0 Å². The summed E-state index contributed by atoms with van der Waals surface area (Å²) in [4.78, 5) is 3.98. The van der Waals surface area contributed by atoms with Gasteiger partial charge in [0.2, 0.25) is 0 Å². The number of pyridine rings is 1. The predicted molar refractivity (Wildman–Crippen MR) is 57.3 cm³/mol. The van der Waals surface area contributed by atoms with Gasteiger partial charge in [-0.25, -0.2) is 4.98 Å². The van der Waals surface area contributed by atoms with Crippen LogP contribution in [0.4, 0.5) is 5.82 Å². The Morgan fingerprint density at radius 1 is 1.58 bits per heavy atom. The van der Waals surface area contributed by atoms with E-state index in [9.17, 15) is 0 Å². The van der Waals surface area contributed by atoms with E-state index in [1.807, 2.05) is 6.07 Å². The maximum atomic E-state index is 5.72. The molecule has 0 aliphatic carbocycles. The molecule has 4 nitrogen and oxygen atoms in total. The Balaban J connectivity index is 3.04. The summed E-state index contributed by atoms with van der Waals surface area (Å²) < 4.78 is 1.01. The maximum Gasteiger partial charge on any atom is 0.128 e. The van der Waals surface area contributed by atoms with Crippen LogP contribution >= 0.6 is 22.6 Å². The fourth-order valence-corrected chi connectivity index (χ4v) is 1.36. The van der Waals surface area contributed by atoms with Crippen molar-refractivity contribution in [3.8, 4) is 0 Å². The molecular weight excluding hydrogens is 267 g/mol. The smallest absolute Gasteiger partial charge is 0.128 e. The first-order valence-corrected chi connectivity index (χ1v) is 4.59. The highest BCUT2D eigenvalue weighted by atomic mass is 127. The third-order valence-corrected chi connectivity index (χ3v) is 2.16. The number of nitrogens with two attached hydrogens (primary N) is 3. The van der Waals surface area contributed by atoms with Crippen LogP contribution in [-0.4, -0.2) is 11.5 Å². The van der Waals surface area contributed by atoms with E-state index in [0.29, 0.717) is 12.4 Å². The van der Waals surface area contributed by atoms with E-state index in [2.05, 4.69) is 27.6 Å². The van der Waals surface area contributed by atoms with Crippen LogP contribution in [0.5, 0.6) is 0 Å². The van der Waals surface area contributed by atoms with Crippen LogP contribution in [-0.2, 0) is 0 Å². The van der Waals surface area contributed by atoms with Gasteiger partial charge in [0, 0.05) is 27.9 Å². The molecule has 0 fully saturated rings. The molecule has 1 aromatic rings. The first kappa shape index (κ1) is 9.69. The summed E-state index contributed by atoms with van der Waals surface area (Å²) >= 11 is 2.16. The first-order valence-electron chi connectivity index (χ1n) is 3.51. The van der Waals surface area contributed by atoms with E-state index in [4.69, 9.17) is 17.2 Å². The quantitative estimate of drug-likeness (QED) is 0.675. The van der Waals surface area contributed by atoms with Crippen molar-refractivity contribution in [1.29, 1.82) is 0 Å². The minimum Gasteiger partial charge on any atom is -0.383 e. The average Bonchev–Trinajstić information content (AvgIpc) is 2.08. The van der Waals surface area contributed by atoms with Crippen molar-refractivity contribution < 1.29 is 0 Å². The third kappa shape index (κ3) is 2.05. The normalized spacial score (nSPS) is 12.9. The molecule has 0 saturated carbocycles. The standard InChI is InChI=1S/C7H11IN4/c8-4-1-5(6(10)2-9)7(11)12-3-4/h1,3,6H,2,9-10H2,(H2,11,12). The molecule has 12 heavy (non-hydrogen) atoms. The Morgan fingerprint density at radius 3 is 2.83 bits per heavy atom. The van der Waals surface area contributed by atoms with Crippen molar-refractivity contribution in [3.05, 3.63) is 21.4 Å². The second kappa shape index (κ2) is 4.01. The molecule has 0 bridgehead atoms.